The average molecular weight is 788 g/mol. The van der Waals surface area contributed by atoms with Crippen molar-refractivity contribution >= 4 is 41.3 Å². The van der Waals surface area contributed by atoms with Gasteiger partial charge in [0.25, 0.3) is 11.8 Å². The average Bonchev–Trinajstić information content (AvgIpc) is 3.80. The maximum atomic E-state index is 14.7. The number of carboxylic acid groups (broad SMARTS) is 1. The normalized spacial score (nSPS) is 21.6. The zero-order valence-electron chi connectivity index (χ0n) is 33.4. The van der Waals surface area contributed by atoms with Crippen LogP contribution in [0.15, 0.2) is 48.9 Å². The van der Waals surface area contributed by atoms with Crippen LogP contribution >= 0.6 is 0 Å². The molecule has 2 saturated carbocycles. The molecule has 1 aromatic heterocycles. The van der Waals surface area contributed by atoms with Gasteiger partial charge in [-0.15, -0.1) is 0 Å². The van der Waals surface area contributed by atoms with Crippen LogP contribution in [0.4, 0.5) is 0 Å². The Morgan fingerprint density at radius 1 is 0.860 bits per heavy atom. The Bertz CT molecular complexity index is 1760. The van der Waals surface area contributed by atoms with Gasteiger partial charge in [0.1, 0.15) is 29.9 Å². The van der Waals surface area contributed by atoms with Gasteiger partial charge in [0.05, 0.1) is 12.2 Å². The van der Waals surface area contributed by atoms with Crippen LogP contribution in [-0.2, 0) is 35.2 Å². The van der Waals surface area contributed by atoms with E-state index in [-0.39, 0.29) is 42.8 Å². The van der Waals surface area contributed by atoms with E-state index in [1.54, 1.807) is 37.3 Å². The molecule has 3 fully saturated rings. The summed E-state index contributed by atoms with van der Waals surface area (Å²) in [6.45, 7) is 7.56. The molecule has 57 heavy (non-hydrogen) atoms. The Hall–Kier alpha value is -5.21. The van der Waals surface area contributed by atoms with Crippen LogP contribution in [0, 0.1) is 23.2 Å². The molecule has 5 amide bonds. The lowest BCUT2D eigenvalue weighted by atomic mass is 9.82. The van der Waals surface area contributed by atoms with Crippen molar-refractivity contribution < 1.29 is 38.7 Å². The summed E-state index contributed by atoms with van der Waals surface area (Å²) < 4.78 is 0. The molecule has 1 aliphatic heterocycles. The summed E-state index contributed by atoms with van der Waals surface area (Å²) in [6.07, 6.45) is 11.3. The number of nitrogens with zero attached hydrogens (tertiary/aromatic N) is 3. The summed E-state index contributed by atoms with van der Waals surface area (Å²) in [4.78, 5) is 105. The second-order valence-electron chi connectivity index (χ2n) is 16.8. The lowest BCUT2D eigenvalue weighted by Gasteiger charge is -2.38. The molecule has 7 atom stereocenters. The smallest absolute Gasteiger partial charge is 0.326 e. The molecule has 1 aromatic carbocycles. The number of likely N-dealkylation sites (tertiary alicyclic amines) is 1. The third-order valence-corrected chi connectivity index (χ3v) is 11.6. The Morgan fingerprint density at radius 3 is 2.21 bits per heavy atom. The van der Waals surface area contributed by atoms with E-state index in [9.17, 15) is 38.7 Å². The molecule has 15 nitrogen and oxygen atoms in total. The van der Waals surface area contributed by atoms with Gasteiger partial charge in [0, 0.05) is 25.4 Å². The predicted octanol–water partition coefficient (Wildman–Crippen LogP) is 2.98. The summed E-state index contributed by atoms with van der Waals surface area (Å²) in [5.74, 6) is -5.79. The quantitative estimate of drug-likeness (QED) is 0.157. The number of fused-ring (bicyclic) bond motifs is 1. The highest BCUT2D eigenvalue weighted by Gasteiger charge is 2.52. The zero-order chi connectivity index (χ0) is 41.3. The maximum absolute atomic E-state index is 14.7. The largest absolute Gasteiger partial charge is 0.480 e. The minimum absolute atomic E-state index is 0.0280. The molecule has 2 heterocycles. The number of hydrogen-bond donors (Lipinski definition) is 5. The number of amides is 5. The molecule has 15 heteroatoms. The third-order valence-electron chi connectivity index (χ3n) is 11.6. The van der Waals surface area contributed by atoms with E-state index in [2.05, 4.69) is 31.2 Å². The topological polar surface area (TPSA) is 217 Å². The van der Waals surface area contributed by atoms with Crippen LogP contribution in [0.2, 0.25) is 0 Å². The number of aromatic nitrogens is 2. The van der Waals surface area contributed by atoms with Crippen molar-refractivity contribution in [3.8, 4) is 0 Å². The van der Waals surface area contributed by atoms with Gasteiger partial charge in [-0.3, -0.25) is 33.8 Å². The second-order valence-corrected chi connectivity index (χ2v) is 16.8. The van der Waals surface area contributed by atoms with Crippen molar-refractivity contribution in [3.63, 3.8) is 0 Å². The minimum Gasteiger partial charge on any atom is -0.480 e. The molecule has 2 aromatic rings. The van der Waals surface area contributed by atoms with Crippen molar-refractivity contribution in [2.24, 2.45) is 23.2 Å². The van der Waals surface area contributed by atoms with E-state index in [0.717, 1.165) is 44.9 Å². The van der Waals surface area contributed by atoms with Crippen LogP contribution in [-0.4, -0.2) is 98.0 Å². The van der Waals surface area contributed by atoms with E-state index in [1.807, 2.05) is 20.8 Å². The molecule has 5 N–H and O–H groups in total. The highest BCUT2D eigenvalue weighted by atomic mass is 16.4. The Kier molecular flexibility index (Phi) is 14.5. The number of aliphatic carboxylic acids is 1. The van der Waals surface area contributed by atoms with E-state index in [4.69, 9.17) is 0 Å². The SMILES string of the molecule is CCCC(NC(=O)[C@@H]1[C@H]2CCC[C@H]2CN1C(=O)[C@@H](NC(=O)[C@H](NC(=O)c1cnccn1)C1CCCCC1)C(C)(C)C)C(=O)C(=O)N[C@@H](Cc1ccccc1)C(=O)O. The fourth-order valence-corrected chi connectivity index (χ4v) is 8.66. The molecule has 2 aliphatic carbocycles. The summed E-state index contributed by atoms with van der Waals surface area (Å²) in [5, 5.41) is 20.8. The first-order chi connectivity index (χ1) is 27.2. The molecule has 308 valence electrons. The number of rotatable bonds is 16. The van der Waals surface area contributed by atoms with E-state index in [1.165, 1.54) is 23.5 Å². The number of Topliss-reactive ketones (excluding diaryl/α,β-unsaturated/α-hetero) is 1. The van der Waals surface area contributed by atoms with Gasteiger partial charge in [-0.25, -0.2) is 9.78 Å². The highest BCUT2D eigenvalue weighted by Crippen LogP contribution is 2.43. The third kappa shape index (κ3) is 10.8. The molecular weight excluding hydrogens is 731 g/mol. The van der Waals surface area contributed by atoms with E-state index in [0.29, 0.717) is 18.4 Å². The summed E-state index contributed by atoms with van der Waals surface area (Å²) in [6, 6.07) is 3.12. The summed E-state index contributed by atoms with van der Waals surface area (Å²) in [7, 11) is 0. The van der Waals surface area contributed by atoms with Gasteiger partial charge in [-0.05, 0) is 60.8 Å². The lowest BCUT2D eigenvalue weighted by molar-refractivity contribution is -0.147. The number of hydrogen-bond acceptors (Lipinski definition) is 9. The van der Waals surface area contributed by atoms with Crippen LogP contribution in [0.5, 0.6) is 0 Å². The van der Waals surface area contributed by atoms with Crippen LogP contribution in [0.1, 0.15) is 108 Å². The van der Waals surface area contributed by atoms with E-state index >= 15 is 0 Å². The van der Waals surface area contributed by atoms with Crippen molar-refractivity contribution in [2.75, 3.05) is 6.54 Å². The molecule has 0 radical (unpaired) electrons. The Labute approximate surface area is 333 Å². The standard InChI is InChI=1S/C42H57N7O8/c1-5-13-29(34(50)39(54)46-30(41(56)57)22-25-14-8-6-9-15-25)45-38(53)33-28-19-12-18-27(28)24-49(33)40(55)35(42(2,3)4)48-37(52)32(26-16-10-7-11-17-26)47-36(51)31-23-43-20-21-44-31/h6,8-9,14-15,20-21,23,26-30,32-33,35H,5,7,10-13,16-19,22,24H2,1-4H3,(H,45,53)(H,46,54)(H,47,51)(H,48,52)(H,56,57)/t27-,28-,29?,30-,32+,33-,35+/m0/s1. The summed E-state index contributed by atoms with van der Waals surface area (Å²) in [5.41, 5.74) is -0.0797. The zero-order valence-corrected chi connectivity index (χ0v) is 33.4. The lowest BCUT2D eigenvalue weighted by Crippen LogP contribution is -2.62. The molecule has 1 unspecified atom stereocenters. The number of carboxylic acids is 1. The number of benzene rings is 1. The number of ketones is 1. The van der Waals surface area contributed by atoms with Gasteiger partial charge in [-0.2, -0.15) is 0 Å². The number of carbonyl (C=O) groups excluding carboxylic acids is 6. The monoisotopic (exact) mass is 787 g/mol. The first kappa shape index (κ1) is 42.9. The first-order valence-corrected chi connectivity index (χ1v) is 20.3. The molecular formula is C42H57N7O8. The van der Waals surface area contributed by atoms with Gasteiger partial charge >= 0.3 is 5.97 Å². The van der Waals surface area contributed by atoms with Gasteiger partial charge in [0.15, 0.2) is 0 Å². The number of nitrogens with one attached hydrogen (secondary N) is 4. The van der Waals surface area contributed by atoms with Crippen molar-refractivity contribution in [2.45, 2.75) is 129 Å². The van der Waals surface area contributed by atoms with Crippen molar-refractivity contribution in [1.82, 2.24) is 36.1 Å². The second kappa shape index (κ2) is 19.3. The van der Waals surface area contributed by atoms with Gasteiger partial charge in [-0.1, -0.05) is 90.1 Å². The van der Waals surface area contributed by atoms with Crippen molar-refractivity contribution in [3.05, 3.63) is 60.2 Å². The van der Waals surface area contributed by atoms with Gasteiger partial charge in [0.2, 0.25) is 23.5 Å². The van der Waals surface area contributed by atoms with E-state index < -0.39 is 76.9 Å². The molecule has 0 bridgehead atoms. The van der Waals surface area contributed by atoms with Crippen LogP contribution < -0.4 is 21.3 Å². The minimum atomic E-state index is -1.37. The fourth-order valence-electron chi connectivity index (χ4n) is 8.66. The highest BCUT2D eigenvalue weighted by molar-refractivity contribution is 6.38. The maximum Gasteiger partial charge on any atom is 0.326 e. The molecule has 3 aliphatic rings. The Balaban J connectivity index is 1.34. The molecule has 1 saturated heterocycles. The van der Waals surface area contributed by atoms with Crippen LogP contribution in [0.3, 0.4) is 0 Å². The summed E-state index contributed by atoms with van der Waals surface area (Å²) >= 11 is 0. The Morgan fingerprint density at radius 2 is 1.58 bits per heavy atom. The van der Waals surface area contributed by atoms with Crippen molar-refractivity contribution in [1.29, 1.82) is 0 Å². The molecule has 0 spiro atoms. The number of carbonyl (C=O) groups is 7. The van der Waals surface area contributed by atoms with Gasteiger partial charge < -0.3 is 31.3 Å². The first-order valence-electron chi connectivity index (χ1n) is 20.3. The predicted molar refractivity (Wildman–Crippen MR) is 209 cm³/mol. The fraction of sp³-hybridized carbons (Fsp3) is 0.595. The molecule has 5 rings (SSSR count). The van der Waals surface area contributed by atoms with Crippen LogP contribution in [0.25, 0.3) is 0 Å².